The van der Waals surface area contributed by atoms with Gasteiger partial charge < -0.3 is 10.6 Å². The summed E-state index contributed by atoms with van der Waals surface area (Å²) >= 11 is 0. The molecule has 0 fully saturated rings. The lowest BCUT2D eigenvalue weighted by molar-refractivity contribution is -0.126. The molecule has 1 atom stereocenters. The zero-order valence-electron chi connectivity index (χ0n) is 11.6. The number of nitrogens with zero attached hydrogens (tertiary/aromatic N) is 1. The van der Waals surface area contributed by atoms with Crippen LogP contribution in [0.25, 0.3) is 0 Å². The van der Waals surface area contributed by atoms with Crippen LogP contribution in [0.1, 0.15) is 32.6 Å². The zero-order chi connectivity index (χ0) is 14.8. The van der Waals surface area contributed by atoms with Crippen molar-refractivity contribution in [2.24, 2.45) is 0 Å². The second-order valence-electron chi connectivity index (χ2n) is 4.45. The lowest BCUT2D eigenvalue weighted by Gasteiger charge is -2.17. The fourth-order valence-corrected chi connectivity index (χ4v) is 1.75. The van der Waals surface area contributed by atoms with Crippen molar-refractivity contribution in [3.63, 3.8) is 0 Å². The molecule has 0 spiro atoms. The molecule has 0 saturated heterocycles. The minimum Gasteiger partial charge on any atom is -0.343 e. The van der Waals surface area contributed by atoms with Crippen LogP contribution < -0.4 is 10.6 Å². The first-order valence-electron chi connectivity index (χ1n) is 6.69. The first-order valence-corrected chi connectivity index (χ1v) is 6.69. The van der Waals surface area contributed by atoms with Crippen molar-refractivity contribution >= 4 is 17.5 Å². The molecule has 0 radical (unpaired) electrons. The predicted molar refractivity (Wildman–Crippen MR) is 76.8 cm³/mol. The van der Waals surface area contributed by atoms with Gasteiger partial charge in [-0.1, -0.05) is 38.0 Å². The molecule has 0 bridgehead atoms. The number of carbonyl (C=O) groups excluding carboxylic acids is 2. The number of hydrogen-bond acceptors (Lipinski definition) is 3. The molecule has 0 aliphatic rings. The predicted octanol–water partition coefficient (Wildman–Crippen LogP) is 2.21. The van der Waals surface area contributed by atoms with Gasteiger partial charge in [-0.3, -0.25) is 9.59 Å². The molecule has 0 aliphatic carbocycles. The normalized spacial score (nSPS) is 11.2. The van der Waals surface area contributed by atoms with Crippen LogP contribution in [0.2, 0.25) is 0 Å². The van der Waals surface area contributed by atoms with Gasteiger partial charge in [0.15, 0.2) is 0 Å². The van der Waals surface area contributed by atoms with Gasteiger partial charge in [-0.15, -0.1) is 0 Å². The van der Waals surface area contributed by atoms with Gasteiger partial charge in [0.2, 0.25) is 11.8 Å². The van der Waals surface area contributed by atoms with Crippen LogP contribution in [-0.4, -0.2) is 17.9 Å². The molecule has 106 valence electrons. The van der Waals surface area contributed by atoms with Gasteiger partial charge >= 0.3 is 0 Å². The maximum atomic E-state index is 12.1. The highest BCUT2D eigenvalue weighted by Crippen LogP contribution is 2.08. The molecule has 1 aromatic rings. The van der Waals surface area contributed by atoms with E-state index in [0.29, 0.717) is 12.1 Å². The Balaban J connectivity index is 2.64. The molecule has 0 aliphatic heterocycles. The van der Waals surface area contributed by atoms with Crippen LogP contribution in [0.5, 0.6) is 0 Å². The molecule has 0 heterocycles. The Morgan fingerprint density at radius 2 is 2.00 bits per heavy atom. The number of unbranched alkanes of at least 4 members (excludes halogenated alkanes) is 1. The third-order valence-corrected chi connectivity index (χ3v) is 2.78. The Hall–Kier alpha value is -2.35. The van der Waals surface area contributed by atoms with E-state index in [2.05, 4.69) is 10.6 Å². The number of benzene rings is 1. The van der Waals surface area contributed by atoms with Crippen LogP contribution in [0.4, 0.5) is 5.69 Å². The molecular weight excluding hydrogens is 254 g/mol. The van der Waals surface area contributed by atoms with Crippen molar-refractivity contribution in [1.82, 2.24) is 5.32 Å². The molecule has 5 heteroatoms. The van der Waals surface area contributed by atoms with Crippen molar-refractivity contribution < 1.29 is 9.59 Å². The third kappa shape index (κ3) is 5.53. The largest absolute Gasteiger partial charge is 0.343 e. The van der Waals surface area contributed by atoms with E-state index in [1.165, 1.54) is 0 Å². The van der Waals surface area contributed by atoms with Crippen molar-refractivity contribution in [3.8, 4) is 6.07 Å². The minimum atomic E-state index is -0.601. The fraction of sp³-hybridized carbons (Fsp3) is 0.400. The Kier molecular flexibility index (Phi) is 6.83. The summed E-state index contributed by atoms with van der Waals surface area (Å²) in [7, 11) is 0. The number of hydrogen-bond donors (Lipinski definition) is 2. The van der Waals surface area contributed by atoms with Crippen molar-refractivity contribution in [1.29, 1.82) is 5.26 Å². The quantitative estimate of drug-likeness (QED) is 0.799. The van der Waals surface area contributed by atoms with Crippen molar-refractivity contribution in [2.45, 2.75) is 38.6 Å². The molecular formula is C15H19N3O2. The van der Waals surface area contributed by atoms with Crippen LogP contribution in [0.3, 0.4) is 0 Å². The molecule has 0 saturated carbocycles. The Morgan fingerprint density at radius 3 is 2.60 bits per heavy atom. The second kappa shape index (κ2) is 8.70. The molecule has 1 aromatic carbocycles. The number of nitrogens with one attached hydrogen (secondary N) is 2. The standard InChI is InChI=1S/C15H19N3O2/c1-2-3-9-13(18-14(19)10-11-16)15(20)17-12-7-5-4-6-8-12/h4-8,13H,2-3,9-10H2,1H3,(H,17,20)(H,18,19)/t13-/m1/s1. The number of para-hydroxylation sites is 1. The van der Waals surface area contributed by atoms with Gasteiger partial charge in [-0.2, -0.15) is 5.26 Å². The van der Waals surface area contributed by atoms with Crippen molar-refractivity contribution in [3.05, 3.63) is 30.3 Å². The van der Waals surface area contributed by atoms with E-state index < -0.39 is 11.9 Å². The summed E-state index contributed by atoms with van der Waals surface area (Å²) < 4.78 is 0. The summed E-state index contributed by atoms with van der Waals surface area (Å²) in [4.78, 5) is 23.6. The number of carbonyl (C=O) groups is 2. The van der Waals surface area contributed by atoms with Crippen LogP contribution in [0.15, 0.2) is 30.3 Å². The number of anilines is 1. The highest BCUT2D eigenvalue weighted by molar-refractivity contribution is 5.97. The van der Waals surface area contributed by atoms with E-state index >= 15 is 0 Å². The maximum absolute atomic E-state index is 12.1. The molecule has 2 N–H and O–H groups in total. The Labute approximate surface area is 119 Å². The number of rotatable bonds is 7. The summed E-state index contributed by atoms with van der Waals surface area (Å²) in [6, 6.07) is 10.2. The summed E-state index contributed by atoms with van der Waals surface area (Å²) in [5, 5.41) is 13.8. The molecule has 1 rings (SSSR count). The second-order valence-corrected chi connectivity index (χ2v) is 4.45. The highest BCUT2D eigenvalue weighted by atomic mass is 16.2. The fourth-order valence-electron chi connectivity index (χ4n) is 1.75. The van der Waals surface area contributed by atoms with E-state index in [4.69, 9.17) is 5.26 Å². The van der Waals surface area contributed by atoms with Gasteiger partial charge in [0.05, 0.1) is 6.07 Å². The van der Waals surface area contributed by atoms with Gasteiger partial charge in [0.1, 0.15) is 12.5 Å². The molecule has 0 aromatic heterocycles. The van der Waals surface area contributed by atoms with E-state index in [-0.39, 0.29) is 12.3 Å². The van der Waals surface area contributed by atoms with E-state index in [1.54, 1.807) is 18.2 Å². The molecule has 2 amide bonds. The molecule has 0 unspecified atom stereocenters. The molecule has 20 heavy (non-hydrogen) atoms. The van der Waals surface area contributed by atoms with Gasteiger partial charge in [-0.25, -0.2) is 0 Å². The van der Waals surface area contributed by atoms with E-state index in [1.807, 2.05) is 25.1 Å². The number of nitriles is 1. The Morgan fingerprint density at radius 1 is 1.30 bits per heavy atom. The maximum Gasteiger partial charge on any atom is 0.246 e. The average Bonchev–Trinajstić information content (AvgIpc) is 2.44. The van der Waals surface area contributed by atoms with Gasteiger partial charge in [0, 0.05) is 5.69 Å². The van der Waals surface area contributed by atoms with Crippen LogP contribution in [0, 0.1) is 11.3 Å². The SMILES string of the molecule is CCCC[C@@H](NC(=O)CC#N)C(=O)Nc1ccccc1. The summed E-state index contributed by atoms with van der Waals surface area (Å²) in [5.41, 5.74) is 0.688. The lowest BCUT2D eigenvalue weighted by Crippen LogP contribution is -2.43. The van der Waals surface area contributed by atoms with Crippen LogP contribution >= 0.6 is 0 Å². The summed E-state index contributed by atoms with van der Waals surface area (Å²) in [6.07, 6.45) is 2.09. The smallest absolute Gasteiger partial charge is 0.246 e. The third-order valence-electron chi connectivity index (χ3n) is 2.78. The van der Waals surface area contributed by atoms with Gasteiger partial charge in [0.25, 0.3) is 0 Å². The topological polar surface area (TPSA) is 82.0 Å². The van der Waals surface area contributed by atoms with E-state index in [9.17, 15) is 9.59 Å². The Bertz CT molecular complexity index is 480. The van der Waals surface area contributed by atoms with Gasteiger partial charge in [-0.05, 0) is 18.6 Å². The first-order chi connectivity index (χ1) is 9.67. The molecule has 5 nitrogen and oxygen atoms in total. The summed E-state index contributed by atoms with van der Waals surface area (Å²) in [5.74, 6) is -0.673. The van der Waals surface area contributed by atoms with E-state index in [0.717, 1.165) is 12.8 Å². The monoisotopic (exact) mass is 273 g/mol. The summed E-state index contributed by atoms with van der Waals surface area (Å²) in [6.45, 7) is 2.02. The highest BCUT2D eigenvalue weighted by Gasteiger charge is 2.20. The van der Waals surface area contributed by atoms with Crippen molar-refractivity contribution in [2.75, 3.05) is 5.32 Å². The lowest BCUT2D eigenvalue weighted by atomic mass is 10.1. The minimum absolute atomic E-state index is 0.235. The number of amides is 2. The van der Waals surface area contributed by atoms with Crippen LogP contribution in [-0.2, 0) is 9.59 Å². The average molecular weight is 273 g/mol. The first kappa shape index (κ1) is 15.7. The zero-order valence-corrected chi connectivity index (χ0v) is 11.6.